The molecule has 3 rings (SSSR count). The van der Waals surface area contributed by atoms with E-state index >= 15 is 0 Å². The maximum atomic E-state index is 13.6. The number of carbonyl (C=O) groups is 1. The Balaban J connectivity index is 1.64. The molecule has 0 saturated heterocycles. The molecule has 0 atom stereocenters. The number of fused-ring (bicyclic) bond motifs is 1. The molecular weight excluding hydrogens is 363 g/mol. The van der Waals surface area contributed by atoms with E-state index in [2.05, 4.69) is 0 Å². The third kappa shape index (κ3) is 4.33. The number of carbonyl (C=O) groups excluding carboxylic acids is 1. The average Bonchev–Trinajstić information content (AvgIpc) is 2.64. The van der Waals surface area contributed by atoms with E-state index in [0.717, 1.165) is 5.56 Å². The highest BCUT2D eigenvalue weighted by Crippen LogP contribution is 2.32. The summed E-state index contributed by atoms with van der Waals surface area (Å²) in [4.78, 5) is 11.9. The van der Waals surface area contributed by atoms with Crippen molar-refractivity contribution >= 4 is 23.6 Å². The van der Waals surface area contributed by atoms with E-state index in [1.165, 1.54) is 31.4 Å². The third-order valence-corrected chi connectivity index (χ3v) is 3.93. The predicted molar refractivity (Wildman–Crippen MR) is 93.5 cm³/mol. The zero-order valence-electron chi connectivity index (χ0n) is 14.0. The van der Waals surface area contributed by atoms with Gasteiger partial charge in [-0.1, -0.05) is 17.7 Å². The predicted octanol–water partition coefficient (Wildman–Crippen LogP) is 4.11. The fraction of sp³-hybridized carbons (Fsp3) is 0.211. The SMILES string of the molecule is COc1ccc(/C=C/C(=O)OCc2cc(Cl)cc3c2OCOC3)cc1F. The highest BCUT2D eigenvalue weighted by atomic mass is 35.5. The first kappa shape index (κ1) is 18.2. The summed E-state index contributed by atoms with van der Waals surface area (Å²) in [5, 5.41) is 0.508. The molecule has 0 fully saturated rings. The molecule has 2 aromatic rings. The number of esters is 1. The Morgan fingerprint density at radius 3 is 2.96 bits per heavy atom. The monoisotopic (exact) mass is 378 g/mol. The van der Waals surface area contributed by atoms with E-state index in [-0.39, 0.29) is 19.1 Å². The summed E-state index contributed by atoms with van der Waals surface area (Å²) in [5.41, 5.74) is 1.98. The van der Waals surface area contributed by atoms with Crippen molar-refractivity contribution in [2.24, 2.45) is 0 Å². The van der Waals surface area contributed by atoms with Gasteiger partial charge in [-0.15, -0.1) is 0 Å². The van der Waals surface area contributed by atoms with Crippen LogP contribution in [0.1, 0.15) is 16.7 Å². The van der Waals surface area contributed by atoms with Crippen molar-refractivity contribution in [2.45, 2.75) is 13.2 Å². The maximum Gasteiger partial charge on any atom is 0.331 e. The smallest absolute Gasteiger partial charge is 0.331 e. The first-order chi connectivity index (χ1) is 12.6. The van der Waals surface area contributed by atoms with Gasteiger partial charge in [0.15, 0.2) is 18.4 Å². The first-order valence-corrected chi connectivity index (χ1v) is 8.15. The molecule has 0 aromatic heterocycles. The van der Waals surface area contributed by atoms with Crippen molar-refractivity contribution in [2.75, 3.05) is 13.9 Å². The summed E-state index contributed by atoms with van der Waals surface area (Å²) in [6.07, 6.45) is 2.69. The van der Waals surface area contributed by atoms with Gasteiger partial charge in [-0.05, 0) is 35.9 Å². The number of hydrogen-bond donors (Lipinski definition) is 0. The van der Waals surface area contributed by atoms with Crippen LogP contribution in [0.15, 0.2) is 36.4 Å². The van der Waals surface area contributed by atoms with Crippen molar-refractivity contribution in [1.82, 2.24) is 0 Å². The lowest BCUT2D eigenvalue weighted by Crippen LogP contribution is -2.14. The van der Waals surface area contributed by atoms with Gasteiger partial charge in [0.05, 0.1) is 13.7 Å². The Bertz CT molecular complexity index is 850. The van der Waals surface area contributed by atoms with Gasteiger partial charge >= 0.3 is 5.97 Å². The number of halogens is 2. The van der Waals surface area contributed by atoms with Gasteiger partial charge in [0, 0.05) is 22.2 Å². The van der Waals surface area contributed by atoms with Crippen LogP contribution in [0, 0.1) is 5.82 Å². The Labute approximate surface area is 154 Å². The first-order valence-electron chi connectivity index (χ1n) is 7.77. The highest BCUT2D eigenvalue weighted by Gasteiger charge is 2.17. The molecule has 0 radical (unpaired) electrons. The number of rotatable bonds is 5. The summed E-state index contributed by atoms with van der Waals surface area (Å²) in [6, 6.07) is 7.82. The molecule has 7 heteroatoms. The van der Waals surface area contributed by atoms with Crippen LogP contribution in [-0.4, -0.2) is 19.9 Å². The van der Waals surface area contributed by atoms with E-state index < -0.39 is 11.8 Å². The number of hydrogen-bond acceptors (Lipinski definition) is 5. The fourth-order valence-corrected chi connectivity index (χ4v) is 2.77. The van der Waals surface area contributed by atoms with Crippen molar-refractivity contribution in [1.29, 1.82) is 0 Å². The number of ether oxygens (including phenoxy) is 4. The molecule has 0 unspecified atom stereocenters. The minimum atomic E-state index is -0.568. The van der Waals surface area contributed by atoms with Gasteiger partial charge in [0.2, 0.25) is 0 Å². The quantitative estimate of drug-likeness (QED) is 0.579. The van der Waals surface area contributed by atoms with Gasteiger partial charge in [-0.3, -0.25) is 0 Å². The third-order valence-electron chi connectivity index (χ3n) is 3.71. The molecule has 1 aliphatic rings. The molecular formula is C19H16ClFO5. The Morgan fingerprint density at radius 1 is 1.35 bits per heavy atom. The van der Waals surface area contributed by atoms with Crippen LogP contribution in [0.5, 0.6) is 11.5 Å². The van der Waals surface area contributed by atoms with Crippen LogP contribution in [-0.2, 0) is 27.5 Å². The van der Waals surface area contributed by atoms with Crippen molar-refractivity contribution < 1.29 is 28.1 Å². The Hall–Kier alpha value is -2.57. The Kier molecular flexibility index (Phi) is 5.75. The molecule has 0 N–H and O–H groups in total. The summed E-state index contributed by atoms with van der Waals surface area (Å²) in [6.45, 7) is 0.529. The van der Waals surface area contributed by atoms with Crippen LogP contribution < -0.4 is 9.47 Å². The topological polar surface area (TPSA) is 54.0 Å². The maximum absolute atomic E-state index is 13.6. The fourth-order valence-electron chi connectivity index (χ4n) is 2.51. The standard InChI is InChI=1S/C19H16ClFO5/c1-23-17-4-2-12(6-16(17)21)3-5-18(22)25-10-14-8-15(20)7-13-9-24-11-26-19(13)14/h2-8H,9-11H2,1H3/b5-3+. The van der Waals surface area contributed by atoms with E-state index in [9.17, 15) is 9.18 Å². The minimum absolute atomic E-state index is 0.00302. The normalized spacial score (nSPS) is 13.2. The van der Waals surface area contributed by atoms with E-state index in [1.807, 2.05) is 0 Å². The molecule has 0 amide bonds. The van der Waals surface area contributed by atoms with Crippen LogP contribution in [0.2, 0.25) is 5.02 Å². The molecule has 26 heavy (non-hydrogen) atoms. The summed E-state index contributed by atoms with van der Waals surface area (Å²) in [7, 11) is 1.38. The molecule has 0 aliphatic carbocycles. The van der Waals surface area contributed by atoms with Gasteiger partial charge in [0.1, 0.15) is 12.4 Å². The van der Waals surface area contributed by atoms with Crippen LogP contribution in [0.4, 0.5) is 4.39 Å². The lowest BCUT2D eigenvalue weighted by molar-refractivity contribution is -0.139. The van der Waals surface area contributed by atoms with Gasteiger partial charge in [-0.25, -0.2) is 9.18 Å². The number of methoxy groups -OCH3 is 1. The largest absolute Gasteiger partial charge is 0.494 e. The van der Waals surface area contributed by atoms with Crippen LogP contribution in [0.25, 0.3) is 6.08 Å². The van der Waals surface area contributed by atoms with Gasteiger partial charge in [0.25, 0.3) is 0 Å². The summed E-state index contributed by atoms with van der Waals surface area (Å²) in [5.74, 6) is -0.316. The molecule has 0 bridgehead atoms. The highest BCUT2D eigenvalue weighted by molar-refractivity contribution is 6.30. The molecule has 1 aliphatic heterocycles. The van der Waals surface area contributed by atoms with E-state index in [0.29, 0.717) is 28.5 Å². The summed E-state index contributed by atoms with van der Waals surface area (Å²) < 4.78 is 34.4. The summed E-state index contributed by atoms with van der Waals surface area (Å²) >= 11 is 6.07. The van der Waals surface area contributed by atoms with Crippen LogP contribution >= 0.6 is 11.6 Å². The Morgan fingerprint density at radius 2 is 2.19 bits per heavy atom. The number of benzene rings is 2. The molecule has 0 saturated carbocycles. The average molecular weight is 379 g/mol. The zero-order valence-corrected chi connectivity index (χ0v) is 14.7. The second-order valence-corrected chi connectivity index (χ2v) is 5.94. The minimum Gasteiger partial charge on any atom is -0.494 e. The molecule has 1 heterocycles. The van der Waals surface area contributed by atoms with Crippen molar-refractivity contribution in [3.05, 3.63) is 63.9 Å². The molecule has 136 valence electrons. The second kappa shape index (κ2) is 8.21. The van der Waals surface area contributed by atoms with Crippen LogP contribution in [0.3, 0.4) is 0 Å². The molecule has 5 nitrogen and oxygen atoms in total. The van der Waals surface area contributed by atoms with Crippen molar-refractivity contribution in [3.8, 4) is 11.5 Å². The van der Waals surface area contributed by atoms with Crippen molar-refractivity contribution in [3.63, 3.8) is 0 Å². The van der Waals surface area contributed by atoms with E-state index in [4.69, 9.17) is 30.5 Å². The molecule has 0 spiro atoms. The van der Waals surface area contributed by atoms with Gasteiger partial charge in [-0.2, -0.15) is 0 Å². The lowest BCUT2D eigenvalue weighted by Gasteiger charge is -2.20. The lowest BCUT2D eigenvalue weighted by atomic mass is 10.1. The zero-order chi connectivity index (χ0) is 18.5. The van der Waals surface area contributed by atoms with E-state index in [1.54, 1.807) is 18.2 Å². The molecule has 2 aromatic carbocycles. The van der Waals surface area contributed by atoms with Gasteiger partial charge < -0.3 is 18.9 Å². The second-order valence-electron chi connectivity index (χ2n) is 5.50.